The van der Waals surface area contributed by atoms with E-state index in [0.29, 0.717) is 32.4 Å². The summed E-state index contributed by atoms with van der Waals surface area (Å²) in [4.78, 5) is 27.0. The number of hydrogen-bond acceptors (Lipinski definition) is 6. The summed E-state index contributed by atoms with van der Waals surface area (Å²) in [5, 5.41) is 0. The quantitative estimate of drug-likeness (QED) is 0.399. The van der Waals surface area contributed by atoms with E-state index in [1.165, 1.54) is 7.11 Å². The molecule has 1 aliphatic carbocycles. The van der Waals surface area contributed by atoms with Gasteiger partial charge in [0.2, 0.25) is 0 Å². The molecule has 4 atom stereocenters. The van der Waals surface area contributed by atoms with Crippen molar-refractivity contribution >= 4 is 12.1 Å². The minimum Gasteiger partial charge on any atom is -0.453 e. The molecule has 1 saturated heterocycles. The maximum atomic E-state index is 13.0. The Morgan fingerprint density at radius 2 is 2.12 bits per heavy atom. The number of nitrogens with two attached hydrogens (primary N) is 2. The molecule has 1 amide bonds. The van der Waals surface area contributed by atoms with Crippen LogP contribution >= 0.6 is 0 Å². The number of methoxy groups -OCH3 is 1. The molecule has 2 fully saturated rings. The highest BCUT2D eigenvalue weighted by molar-refractivity contribution is 5.76. The Balaban J connectivity index is 1.89. The second-order valence-electron chi connectivity index (χ2n) is 8.84. The molecule has 2 aliphatic rings. The zero-order valence-electron chi connectivity index (χ0n) is 19.1. The number of ether oxygens (including phenoxy) is 2. The van der Waals surface area contributed by atoms with Gasteiger partial charge in [-0.1, -0.05) is 24.5 Å². The largest absolute Gasteiger partial charge is 0.453 e. The Morgan fingerprint density at radius 1 is 1.31 bits per heavy atom. The van der Waals surface area contributed by atoms with Gasteiger partial charge in [-0.15, -0.1) is 0 Å². The van der Waals surface area contributed by atoms with Crippen LogP contribution in [0.15, 0.2) is 24.3 Å². The number of rotatable bonds is 6. The number of esters is 1. The zero-order chi connectivity index (χ0) is 23.1. The highest BCUT2D eigenvalue weighted by atomic mass is 16.6. The van der Waals surface area contributed by atoms with Gasteiger partial charge in [0.1, 0.15) is 6.04 Å². The number of nitrogens with zero attached hydrogens (tertiary/aromatic N) is 1. The Morgan fingerprint density at radius 3 is 2.84 bits per heavy atom. The monoisotopic (exact) mass is 441 g/mol. The first kappa shape index (κ1) is 24.1. The second kappa shape index (κ2) is 10.8. The number of carbonyl (C=O) groups is 2. The van der Waals surface area contributed by atoms with Gasteiger partial charge >= 0.3 is 12.1 Å². The third-order valence-corrected chi connectivity index (χ3v) is 6.59. The van der Waals surface area contributed by atoms with E-state index >= 15 is 0 Å². The van der Waals surface area contributed by atoms with Crippen LogP contribution in [0.5, 0.6) is 0 Å². The van der Waals surface area contributed by atoms with Crippen LogP contribution < -0.4 is 11.5 Å². The summed E-state index contributed by atoms with van der Waals surface area (Å²) in [5.41, 5.74) is 12.7. The number of hydrogen-bond donors (Lipinski definition) is 2. The molecule has 0 aromatic heterocycles. The maximum Gasteiger partial charge on any atom is 0.409 e. The molecular formula is C25H35N3O4. The summed E-state index contributed by atoms with van der Waals surface area (Å²) in [6.45, 7) is 3.15. The maximum absolute atomic E-state index is 13.0. The average Bonchev–Trinajstić information content (AvgIpc) is 3.23. The predicted molar refractivity (Wildman–Crippen MR) is 123 cm³/mol. The van der Waals surface area contributed by atoms with Gasteiger partial charge in [0.15, 0.2) is 5.60 Å². The Hall–Kier alpha value is -2.56. The van der Waals surface area contributed by atoms with Crippen LogP contribution in [0.25, 0.3) is 0 Å². The minimum absolute atomic E-state index is 0.0655. The molecule has 0 bridgehead atoms. The molecule has 1 aliphatic heterocycles. The van der Waals surface area contributed by atoms with E-state index < -0.39 is 17.6 Å². The van der Waals surface area contributed by atoms with E-state index in [2.05, 4.69) is 11.8 Å². The molecule has 0 spiro atoms. The van der Waals surface area contributed by atoms with Crippen molar-refractivity contribution in [2.75, 3.05) is 20.2 Å². The first-order valence-electron chi connectivity index (χ1n) is 11.5. The van der Waals surface area contributed by atoms with E-state index in [4.69, 9.17) is 20.9 Å². The lowest BCUT2D eigenvalue weighted by Crippen LogP contribution is -2.53. The lowest BCUT2D eigenvalue weighted by atomic mass is 9.72. The molecule has 1 heterocycles. The Bertz CT molecular complexity index is 877. The summed E-state index contributed by atoms with van der Waals surface area (Å²) < 4.78 is 11.1. The van der Waals surface area contributed by atoms with Crippen LogP contribution in [-0.2, 0) is 14.3 Å². The standard InChI is InChI=1S/C25H35N3O4/c1-18-7-5-8-19(17-18)11-14-25(32-23(29)21(27)9-3-4-15-26)13-6-10-22-20(25)12-16-28(22)24(30)31-2/h5,7-8,17,20-22H,3-4,6,9-10,12-13,15-16,26-27H2,1-2H3/t20?,21-,22?,25?/m0/s1. The molecule has 3 unspecified atom stereocenters. The van der Waals surface area contributed by atoms with E-state index in [1.807, 2.05) is 31.2 Å². The van der Waals surface area contributed by atoms with Crippen LogP contribution in [0.3, 0.4) is 0 Å². The van der Waals surface area contributed by atoms with Crippen molar-refractivity contribution < 1.29 is 19.1 Å². The highest BCUT2D eigenvalue weighted by Crippen LogP contribution is 2.45. The molecule has 1 saturated carbocycles. The van der Waals surface area contributed by atoms with Crippen LogP contribution in [-0.4, -0.2) is 54.8 Å². The van der Waals surface area contributed by atoms with Gasteiger partial charge in [0, 0.05) is 24.1 Å². The van der Waals surface area contributed by atoms with Crippen molar-refractivity contribution in [1.29, 1.82) is 0 Å². The number of carbonyl (C=O) groups excluding carboxylic acids is 2. The molecule has 32 heavy (non-hydrogen) atoms. The fourth-order valence-corrected chi connectivity index (χ4v) is 4.95. The van der Waals surface area contributed by atoms with Gasteiger partial charge < -0.3 is 25.8 Å². The number of fused-ring (bicyclic) bond motifs is 1. The summed E-state index contributed by atoms with van der Waals surface area (Å²) in [6, 6.07) is 7.16. The normalized spacial score (nSPS) is 25.3. The molecule has 7 heteroatoms. The van der Waals surface area contributed by atoms with Gasteiger partial charge in [-0.25, -0.2) is 4.79 Å². The van der Waals surface area contributed by atoms with Crippen molar-refractivity contribution in [3.05, 3.63) is 35.4 Å². The van der Waals surface area contributed by atoms with Crippen molar-refractivity contribution in [1.82, 2.24) is 4.90 Å². The smallest absolute Gasteiger partial charge is 0.409 e. The summed E-state index contributed by atoms with van der Waals surface area (Å²) in [6.07, 6.45) is 4.75. The van der Waals surface area contributed by atoms with E-state index in [0.717, 1.165) is 36.8 Å². The van der Waals surface area contributed by atoms with Gasteiger partial charge in [0.25, 0.3) is 0 Å². The topological polar surface area (TPSA) is 108 Å². The Labute approximate surface area is 190 Å². The second-order valence-corrected chi connectivity index (χ2v) is 8.84. The van der Waals surface area contributed by atoms with Gasteiger partial charge in [-0.05, 0) is 75.6 Å². The van der Waals surface area contributed by atoms with Gasteiger partial charge in [-0.2, -0.15) is 0 Å². The lowest BCUT2D eigenvalue weighted by Gasteiger charge is -2.42. The van der Waals surface area contributed by atoms with Crippen LogP contribution in [0.1, 0.15) is 56.1 Å². The highest BCUT2D eigenvalue weighted by Gasteiger charge is 2.54. The zero-order valence-corrected chi connectivity index (χ0v) is 19.1. The van der Waals surface area contributed by atoms with Crippen molar-refractivity contribution in [2.45, 2.75) is 69.6 Å². The van der Waals surface area contributed by atoms with Gasteiger partial charge in [0.05, 0.1) is 7.11 Å². The number of likely N-dealkylation sites (tertiary alicyclic amines) is 1. The van der Waals surface area contributed by atoms with Crippen LogP contribution in [0.4, 0.5) is 4.79 Å². The number of amides is 1. The van der Waals surface area contributed by atoms with Crippen molar-refractivity contribution in [2.24, 2.45) is 17.4 Å². The summed E-state index contributed by atoms with van der Waals surface area (Å²) in [5.74, 6) is 6.07. The first-order chi connectivity index (χ1) is 15.4. The molecule has 0 radical (unpaired) electrons. The third-order valence-electron chi connectivity index (χ3n) is 6.59. The van der Waals surface area contributed by atoms with Crippen molar-refractivity contribution in [3.8, 4) is 11.8 Å². The molecular weight excluding hydrogens is 406 g/mol. The molecule has 1 aromatic carbocycles. The fraction of sp³-hybridized carbons (Fsp3) is 0.600. The van der Waals surface area contributed by atoms with E-state index in [9.17, 15) is 9.59 Å². The fourth-order valence-electron chi connectivity index (χ4n) is 4.95. The Kier molecular flexibility index (Phi) is 8.16. The van der Waals surface area contributed by atoms with Crippen LogP contribution in [0.2, 0.25) is 0 Å². The SMILES string of the molecule is COC(=O)N1CCC2C1CCCC2(C#Cc1cccc(C)c1)OC(=O)[C@@H](N)CCCCN. The van der Waals surface area contributed by atoms with E-state index in [1.54, 1.807) is 4.90 Å². The van der Waals surface area contributed by atoms with Crippen LogP contribution in [0, 0.1) is 24.7 Å². The average molecular weight is 442 g/mol. The molecule has 3 rings (SSSR count). The number of benzene rings is 1. The molecule has 7 nitrogen and oxygen atoms in total. The minimum atomic E-state index is -0.974. The first-order valence-corrected chi connectivity index (χ1v) is 11.5. The van der Waals surface area contributed by atoms with Gasteiger partial charge in [-0.3, -0.25) is 4.79 Å². The van der Waals surface area contributed by atoms with E-state index in [-0.39, 0.29) is 18.1 Å². The summed E-state index contributed by atoms with van der Waals surface area (Å²) in [7, 11) is 1.39. The number of aryl methyl sites for hydroxylation is 1. The van der Waals surface area contributed by atoms with Crippen molar-refractivity contribution in [3.63, 3.8) is 0 Å². The number of unbranched alkanes of at least 4 members (excludes halogenated alkanes) is 1. The molecule has 174 valence electrons. The summed E-state index contributed by atoms with van der Waals surface area (Å²) >= 11 is 0. The third kappa shape index (κ3) is 5.43. The molecule has 1 aromatic rings. The lowest BCUT2D eigenvalue weighted by molar-refractivity contribution is -0.164. The molecule has 4 N–H and O–H groups in total. The predicted octanol–water partition coefficient (Wildman–Crippen LogP) is 2.73.